The van der Waals surface area contributed by atoms with Gasteiger partial charge < -0.3 is 14.6 Å². The number of hydrogen-bond acceptors (Lipinski definition) is 5. The zero-order valence-electron chi connectivity index (χ0n) is 16.4. The van der Waals surface area contributed by atoms with Gasteiger partial charge in [0, 0.05) is 18.2 Å². The van der Waals surface area contributed by atoms with E-state index in [1.54, 1.807) is 6.20 Å². The Balaban J connectivity index is 1.53. The molecule has 0 spiro atoms. The predicted molar refractivity (Wildman–Crippen MR) is 106 cm³/mol. The standard InChI is InChI=1S/C22H25N3O3/c1-15(24-22(26)11-10-21-16(2)25-28-17(21)3)18-7-6-9-20(13-18)27-14-19-8-4-5-12-23-19/h4-9,12-13,15H,10-11,14H2,1-3H3,(H,24,26)/t15-/m1/s1. The van der Waals surface area contributed by atoms with Crippen molar-refractivity contribution in [2.75, 3.05) is 0 Å². The number of carbonyl (C=O) groups excluding carboxylic acids is 1. The van der Waals surface area contributed by atoms with Crippen molar-refractivity contribution in [1.82, 2.24) is 15.5 Å². The van der Waals surface area contributed by atoms with E-state index in [0.29, 0.717) is 19.4 Å². The summed E-state index contributed by atoms with van der Waals surface area (Å²) in [6.07, 6.45) is 2.76. The molecule has 2 aromatic heterocycles. The number of benzene rings is 1. The van der Waals surface area contributed by atoms with Crippen molar-refractivity contribution < 1.29 is 14.1 Å². The Bertz CT molecular complexity index is 902. The predicted octanol–water partition coefficient (Wildman–Crippen LogP) is 4.08. The van der Waals surface area contributed by atoms with Gasteiger partial charge in [-0.15, -0.1) is 0 Å². The fourth-order valence-electron chi connectivity index (χ4n) is 3.01. The maximum absolute atomic E-state index is 12.3. The van der Waals surface area contributed by atoms with E-state index in [-0.39, 0.29) is 11.9 Å². The topological polar surface area (TPSA) is 77.2 Å². The second-order valence-electron chi connectivity index (χ2n) is 6.77. The normalized spacial score (nSPS) is 11.8. The summed E-state index contributed by atoms with van der Waals surface area (Å²) in [4.78, 5) is 16.6. The highest BCUT2D eigenvalue weighted by atomic mass is 16.5. The van der Waals surface area contributed by atoms with E-state index < -0.39 is 0 Å². The highest BCUT2D eigenvalue weighted by Gasteiger charge is 2.14. The minimum atomic E-state index is -0.115. The Morgan fingerprint density at radius 1 is 1.21 bits per heavy atom. The SMILES string of the molecule is Cc1noc(C)c1CCC(=O)N[C@H](C)c1cccc(OCc2ccccn2)c1. The monoisotopic (exact) mass is 379 g/mol. The van der Waals surface area contributed by atoms with Gasteiger partial charge in [0.1, 0.15) is 18.1 Å². The van der Waals surface area contributed by atoms with E-state index in [1.807, 2.05) is 63.2 Å². The van der Waals surface area contributed by atoms with Crippen LogP contribution in [0, 0.1) is 13.8 Å². The van der Waals surface area contributed by atoms with Crippen molar-refractivity contribution in [2.45, 2.75) is 46.3 Å². The summed E-state index contributed by atoms with van der Waals surface area (Å²) in [5, 5.41) is 6.97. The molecule has 28 heavy (non-hydrogen) atoms. The zero-order chi connectivity index (χ0) is 19.9. The quantitative estimate of drug-likeness (QED) is 0.638. The fraction of sp³-hybridized carbons (Fsp3) is 0.318. The van der Waals surface area contributed by atoms with Gasteiger partial charge in [-0.2, -0.15) is 0 Å². The van der Waals surface area contributed by atoms with Gasteiger partial charge >= 0.3 is 0 Å². The first-order valence-electron chi connectivity index (χ1n) is 9.36. The van der Waals surface area contributed by atoms with E-state index in [4.69, 9.17) is 9.26 Å². The molecular weight excluding hydrogens is 354 g/mol. The van der Waals surface area contributed by atoms with Gasteiger partial charge in [0.15, 0.2) is 0 Å². The Hall–Kier alpha value is -3.15. The van der Waals surface area contributed by atoms with Crippen molar-refractivity contribution in [3.05, 3.63) is 76.9 Å². The lowest BCUT2D eigenvalue weighted by Gasteiger charge is -2.16. The smallest absolute Gasteiger partial charge is 0.220 e. The molecule has 1 amide bonds. The van der Waals surface area contributed by atoms with Gasteiger partial charge in [0.25, 0.3) is 0 Å². The van der Waals surface area contributed by atoms with Crippen LogP contribution in [0.25, 0.3) is 0 Å². The van der Waals surface area contributed by atoms with Crippen LogP contribution in [0.3, 0.4) is 0 Å². The lowest BCUT2D eigenvalue weighted by Crippen LogP contribution is -2.26. The molecule has 0 radical (unpaired) electrons. The molecular formula is C22H25N3O3. The van der Waals surface area contributed by atoms with Gasteiger partial charge in [-0.1, -0.05) is 23.4 Å². The second kappa shape index (κ2) is 9.17. The summed E-state index contributed by atoms with van der Waals surface area (Å²) in [6.45, 7) is 6.13. The molecule has 3 rings (SSSR count). The van der Waals surface area contributed by atoms with E-state index in [1.165, 1.54) is 0 Å². The van der Waals surface area contributed by atoms with Crippen LogP contribution >= 0.6 is 0 Å². The van der Waals surface area contributed by atoms with Gasteiger partial charge in [0.2, 0.25) is 5.91 Å². The summed E-state index contributed by atoms with van der Waals surface area (Å²) in [6, 6.07) is 13.4. The first kappa shape index (κ1) is 19.6. The molecule has 3 aromatic rings. The molecule has 0 saturated heterocycles. The van der Waals surface area contributed by atoms with Crippen LogP contribution in [-0.2, 0) is 17.8 Å². The summed E-state index contributed by atoms with van der Waals surface area (Å²) >= 11 is 0. The summed E-state index contributed by atoms with van der Waals surface area (Å²) < 4.78 is 11.0. The number of aryl methyl sites for hydroxylation is 2. The largest absolute Gasteiger partial charge is 0.487 e. The third-order valence-electron chi connectivity index (χ3n) is 4.63. The summed E-state index contributed by atoms with van der Waals surface area (Å²) in [5.74, 6) is 1.52. The van der Waals surface area contributed by atoms with Crippen molar-refractivity contribution in [1.29, 1.82) is 0 Å². The van der Waals surface area contributed by atoms with E-state index >= 15 is 0 Å². The van der Waals surface area contributed by atoms with Crippen molar-refractivity contribution in [3.63, 3.8) is 0 Å². The van der Waals surface area contributed by atoms with Crippen molar-refractivity contribution in [2.24, 2.45) is 0 Å². The molecule has 0 aliphatic heterocycles. The van der Waals surface area contributed by atoms with E-state index in [0.717, 1.165) is 34.0 Å². The number of nitrogens with zero attached hydrogens (tertiary/aromatic N) is 2. The molecule has 0 aliphatic carbocycles. The number of ether oxygens (including phenoxy) is 1. The van der Waals surface area contributed by atoms with E-state index in [9.17, 15) is 4.79 Å². The highest BCUT2D eigenvalue weighted by molar-refractivity contribution is 5.76. The van der Waals surface area contributed by atoms with Gasteiger partial charge in [-0.3, -0.25) is 9.78 Å². The maximum atomic E-state index is 12.3. The third kappa shape index (κ3) is 5.19. The van der Waals surface area contributed by atoms with Gasteiger partial charge in [-0.25, -0.2) is 0 Å². The Labute approximate surface area is 164 Å². The Morgan fingerprint density at radius 2 is 2.07 bits per heavy atom. The molecule has 6 heteroatoms. The molecule has 6 nitrogen and oxygen atoms in total. The number of amides is 1. The molecule has 0 unspecified atom stereocenters. The molecule has 146 valence electrons. The fourth-order valence-corrected chi connectivity index (χ4v) is 3.01. The number of nitrogens with one attached hydrogen (secondary N) is 1. The van der Waals surface area contributed by atoms with Crippen molar-refractivity contribution >= 4 is 5.91 Å². The first-order valence-corrected chi connectivity index (χ1v) is 9.36. The number of carbonyl (C=O) groups is 1. The number of rotatable bonds is 8. The average molecular weight is 379 g/mol. The summed E-state index contributed by atoms with van der Waals surface area (Å²) in [5.41, 5.74) is 3.71. The number of pyridine rings is 1. The van der Waals surface area contributed by atoms with Crippen LogP contribution in [0.5, 0.6) is 5.75 Å². The van der Waals surface area contributed by atoms with Crippen LogP contribution in [0.1, 0.15) is 47.7 Å². The molecule has 0 aliphatic rings. The van der Waals surface area contributed by atoms with Gasteiger partial charge in [0.05, 0.1) is 17.4 Å². The molecule has 0 saturated carbocycles. The zero-order valence-corrected chi connectivity index (χ0v) is 16.4. The first-order chi connectivity index (χ1) is 13.5. The van der Waals surface area contributed by atoms with Crippen LogP contribution in [0.15, 0.2) is 53.2 Å². The third-order valence-corrected chi connectivity index (χ3v) is 4.63. The number of hydrogen-bond donors (Lipinski definition) is 1. The van der Waals surface area contributed by atoms with Crippen LogP contribution in [-0.4, -0.2) is 16.0 Å². The Kier molecular flexibility index (Phi) is 6.42. The molecule has 1 N–H and O–H groups in total. The molecule has 0 bridgehead atoms. The van der Waals surface area contributed by atoms with Crippen LogP contribution in [0.4, 0.5) is 0 Å². The van der Waals surface area contributed by atoms with E-state index in [2.05, 4.69) is 15.5 Å². The van der Waals surface area contributed by atoms with Crippen molar-refractivity contribution in [3.8, 4) is 5.75 Å². The van der Waals surface area contributed by atoms with Crippen LogP contribution in [0.2, 0.25) is 0 Å². The van der Waals surface area contributed by atoms with Gasteiger partial charge in [-0.05, 0) is 57.0 Å². The lowest BCUT2D eigenvalue weighted by atomic mass is 10.1. The average Bonchev–Trinajstić information content (AvgIpc) is 3.03. The molecule has 1 atom stereocenters. The molecule has 1 aromatic carbocycles. The lowest BCUT2D eigenvalue weighted by molar-refractivity contribution is -0.121. The molecule has 0 fully saturated rings. The minimum absolute atomic E-state index is 0.00712. The number of aromatic nitrogens is 2. The second-order valence-corrected chi connectivity index (χ2v) is 6.77. The minimum Gasteiger partial charge on any atom is -0.487 e. The highest BCUT2D eigenvalue weighted by Crippen LogP contribution is 2.20. The molecule has 2 heterocycles. The summed E-state index contributed by atoms with van der Waals surface area (Å²) in [7, 11) is 0. The Morgan fingerprint density at radius 3 is 2.79 bits per heavy atom. The maximum Gasteiger partial charge on any atom is 0.220 e. The van der Waals surface area contributed by atoms with Crippen LogP contribution < -0.4 is 10.1 Å².